The van der Waals surface area contributed by atoms with Crippen LogP contribution in [0.4, 0.5) is 11.4 Å². The quantitative estimate of drug-likeness (QED) is 0.187. The molecule has 2 heterocycles. The molecule has 0 unspecified atom stereocenters. The van der Waals surface area contributed by atoms with E-state index in [1.54, 1.807) is 0 Å². The number of nitrogens with one attached hydrogen (secondary N) is 1. The minimum Gasteiger partial charge on any atom is -0.455 e. The lowest BCUT2D eigenvalue weighted by molar-refractivity contribution is 0.673. The van der Waals surface area contributed by atoms with Crippen molar-refractivity contribution in [2.45, 2.75) is 0 Å². The number of hydrogen-bond acceptors (Lipinski definition) is 2. The van der Waals surface area contributed by atoms with Crippen LogP contribution in [0.2, 0.25) is 0 Å². The number of nitrogens with zero attached hydrogens (tertiary/aromatic N) is 1. The van der Waals surface area contributed by atoms with E-state index in [4.69, 9.17) is 4.42 Å². The zero-order valence-corrected chi connectivity index (χ0v) is 29.9. The van der Waals surface area contributed by atoms with Crippen molar-refractivity contribution in [1.82, 2.24) is 4.57 Å². The molecule has 0 radical (unpaired) electrons. The second-order valence-corrected chi connectivity index (χ2v) is 14.2. The summed E-state index contributed by atoms with van der Waals surface area (Å²) >= 11 is 0. The van der Waals surface area contributed by atoms with Gasteiger partial charge >= 0.3 is 0 Å². The number of furan rings is 1. The van der Waals surface area contributed by atoms with E-state index in [2.05, 4.69) is 204 Å². The molecule has 11 rings (SSSR count). The molecule has 0 spiro atoms. The predicted octanol–water partition coefficient (Wildman–Crippen LogP) is 14.6. The van der Waals surface area contributed by atoms with Gasteiger partial charge in [0.15, 0.2) is 0 Å². The normalized spacial score (nSPS) is 11.6. The van der Waals surface area contributed by atoms with Crippen molar-refractivity contribution in [2.75, 3.05) is 5.32 Å². The summed E-state index contributed by atoms with van der Waals surface area (Å²) in [6.07, 6.45) is 0. The van der Waals surface area contributed by atoms with Gasteiger partial charge in [0, 0.05) is 38.5 Å². The minimum absolute atomic E-state index is 0.902. The smallest absolute Gasteiger partial charge is 0.145 e. The maximum atomic E-state index is 6.71. The summed E-state index contributed by atoms with van der Waals surface area (Å²) in [5.41, 5.74) is 14.3. The number of para-hydroxylation sites is 2. The molecule has 3 heteroatoms. The number of rotatable bonds is 6. The van der Waals surface area contributed by atoms with E-state index >= 15 is 0 Å². The number of hydrogen-bond donors (Lipinski definition) is 1. The molecule has 0 atom stereocenters. The molecule has 11 aromatic rings. The number of fused-ring (bicyclic) bond motifs is 8. The molecule has 2 aromatic heterocycles. The Balaban J connectivity index is 1.06. The van der Waals surface area contributed by atoms with Crippen molar-refractivity contribution in [3.63, 3.8) is 0 Å². The molecule has 3 nitrogen and oxygen atoms in total. The summed E-state index contributed by atoms with van der Waals surface area (Å²) in [5, 5.41) is 10.7. The van der Waals surface area contributed by atoms with E-state index in [0.717, 1.165) is 83.1 Å². The minimum atomic E-state index is 0.902. The van der Waals surface area contributed by atoms with Crippen molar-refractivity contribution < 1.29 is 4.42 Å². The average molecular weight is 703 g/mol. The topological polar surface area (TPSA) is 30.1 Å². The van der Waals surface area contributed by atoms with Crippen LogP contribution in [0.5, 0.6) is 0 Å². The Morgan fingerprint density at radius 2 is 1.07 bits per heavy atom. The van der Waals surface area contributed by atoms with Gasteiger partial charge in [-0.05, 0) is 93.9 Å². The molecular formula is C52H34N2O. The van der Waals surface area contributed by atoms with Crippen molar-refractivity contribution in [3.05, 3.63) is 200 Å². The molecule has 0 aliphatic carbocycles. The maximum absolute atomic E-state index is 6.71. The second kappa shape index (κ2) is 12.6. The number of benzene rings is 9. The fourth-order valence-corrected chi connectivity index (χ4v) is 8.40. The van der Waals surface area contributed by atoms with Crippen molar-refractivity contribution in [1.29, 1.82) is 0 Å². The van der Waals surface area contributed by atoms with Crippen LogP contribution in [0.15, 0.2) is 205 Å². The average Bonchev–Trinajstić information content (AvgIpc) is 3.79. The molecular weight excluding hydrogens is 669 g/mol. The van der Waals surface area contributed by atoms with Crippen LogP contribution >= 0.6 is 0 Å². The SMILES string of the molecule is c1ccc(-c2cccc(Nc3ccccc3-c3cccc(-c4ccc5c(c4)c4c6oc7ccccc7c6ccc4n5-c4cccc5ccccc45)c3)c2)cc1. The molecule has 0 aliphatic heterocycles. The molecule has 0 fully saturated rings. The van der Waals surface area contributed by atoms with Crippen LogP contribution in [0.3, 0.4) is 0 Å². The Morgan fingerprint density at radius 1 is 0.400 bits per heavy atom. The molecule has 0 saturated carbocycles. The van der Waals surface area contributed by atoms with Crippen molar-refractivity contribution in [2.24, 2.45) is 0 Å². The van der Waals surface area contributed by atoms with E-state index in [1.165, 1.54) is 21.9 Å². The first-order chi connectivity index (χ1) is 27.3. The molecule has 0 aliphatic rings. The van der Waals surface area contributed by atoms with Crippen molar-refractivity contribution >= 4 is 65.9 Å². The molecule has 9 aromatic carbocycles. The van der Waals surface area contributed by atoms with Crippen LogP contribution < -0.4 is 5.32 Å². The first kappa shape index (κ1) is 31.2. The first-order valence-corrected chi connectivity index (χ1v) is 18.8. The van der Waals surface area contributed by atoms with Crippen LogP contribution in [-0.4, -0.2) is 4.57 Å². The third kappa shape index (κ3) is 5.20. The number of aromatic nitrogens is 1. The van der Waals surface area contributed by atoms with Crippen molar-refractivity contribution in [3.8, 4) is 39.1 Å². The van der Waals surface area contributed by atoms with Gasteiger partial charge in [0.05, 0.1) is 22.1 Å². The van der Waals surface area contributed by atoms with Gasteiger partial charge in [-0.2, -0.15) is 0 Å². The zero-order valence-electron chi connectivity index (χ0n) is 29.9. The van der Waals surface area contributed by atoms with Gasteiger partial charge in [0.1, 0.15) is 11.2 Å². The summed E-state index contributed by atoms with van der Waals surface area (Å²) < 4.78 is 9.12. The lowest BCUT2D eigenvalue weighted by Crippen LogP contribution is -1.95. The lowest BCUT2D eigenvalue weighted by Gasteiger charge is -2.14. The largest absolute Gasteiger partial charge is 0.455 e. The standard InChI is InChI=1S/C52H34N2O/c1-2-13-34(14-3-1)37-18-11-20-40(32-37)53-46-24-8-6-21-41(46)39-19-10-17-36(31-39)38-27-29-48-45(33-38)51-49(30-28-44-43-23-7-9-26-50(43)55-52(44)51)54(48)47-25-12-16-35-15-4-5-22-42(35)47/h1-33,53H. The Hall–Kier alpha value is -7.36. The lowest BCUT2D eigenvalue weighted by atomic mass is 9.96. The predicted molar refractivity (Wildman–Crippen MR) is 232 cm³/mol. The highest BCUT2D eigenvalue weighted by atomic mass is 16.3. The Bertz CT molecular complexity index is 3240. The Labute approximate surface area is 318 Å². The second-order valence-electron chi connectivity index (χ2n) is 14.2. The van der Waals surface area contributed by atoms with Gasteiger partial charge in [-0.25, -0.2) is 0 Å². The highest BCUT2D eigenvalue weighted by Gasteiger charge is 2.20. The third-order valence-corrected chi connectivity index (χ3v) is 11.0. The summed E-state index contributed by atoms with van der Waals surface area (Å²) in [6, 6.07) is 71.5. The number of anilines is 2. The van der Waals surface area contributed by atoms with Crippen LogP contribution in [0.1, 0.15) is 0 Å². The van der Waals surface area contributed by atoms with Crippen LogP contribution in [0.25, 0.3) is 93.6 Å². The van der Waals surface area contributed by atoms with Gasteiger partial charge < -0.3 is 14.3 Å². The fourth-order valence-electron chi connectivity index (χ4n) is 8.40. The van der Waals surface area contributed by atoms with E-state index in [1.807, 2.05) is 6.07 Å². The highest BCUT2D eigenvalue weighted by molar-refractivity contribution is 6.24. The van der Waals surface area contributed by atoms with E-state index in [9.17, 15) is 0 Å². The summed E-state index contributed by atoms with van der Waals surface area (Å²) in [6.45, 7) is 0. The molecule has 55 heavy (non-hydrogen) atoms. The van der Waals surface area contributed by atoms with Crippen LogP contribution in [0, 0.1) is 0 Å². The summed E-state index contributed by atoms with van der Waals surface area (Å²) in [7, 11) is 0. The Kier molecular flexibility index (Phi) is 7.17. The highest BCUT2D eigenvalue weighted by Crippen LogP contribution is 2.43. The fraction of sp³-hybridized carbons (Fsp3) is 0. The van der Waals surface area contributed by atoms with Gasteiger partial charge in [-0.1, -0.05) is 140 Å². The van der Waals surface area contributed by atoms with E-state index in [0.29, 0.717) is 0 Å². The van der Waals surface area contributed by atoms with E-state index < -0.39 is 0 Å². The molecule has 258 valence electrons. The van der Waals surface area contributed by atoms with Gasteiger partial charge in [-0.15, -0.1) is 0 Å². The zero-order chi connectivity index (χ0) is 36.3. The molecule has 1 N–H and O–H groups in total. The first-order valence-electron chi connectivity index (χ1n) is 18.8. The summed E-state index contributed by atoms with van der Waals surface area (Å²) in [4.78, 5) is 0. The van der Waals surface area contributed by atoms with E-state index in [-0.39, 0.29) is 0 Å². The monoisotopic (exact) mass is 702 g/mol. The Morgan fingerprint density at radius 3 is 2.00 bits per heavy atom. The molecule has 0 bridgehead atoms. The molecule has 0 saturated heterocycles. The third-order valence-electron chi connectivity index (χ3n) is 11.0. The summed E-state index contributed by atoms with van der Waals surface area (Å²) in [5.74, 6) is 0. The van der Waals surface area contributed by atoms with Gasteiger partial charge in [0.25, 0.3) is 0 Å². The maximum Gasteiger partial charge on any atom is 0.145 e. The molecule has 0 amide bonds. The van der Waals surface area contributed by atoms with Gasteiger partial charge in [0.2, 0.25) is 0 Å². The van der Waals surface area contributed by atoms with Gasteiger partial charge in [-0.3, -0.25) is 0 Å². The van der Waals surface area contributed by atoms with Crippen LogP contribution in [-0.2, 0) is 0 Å².